The molecule has 1 aromatic heterocycles. The molecule has 0 aliphatic heterocycles. The maximum absolute atomic E-state index is 11.8. The van der Waals surface area contributed by atoms with Gasteiger partial charge in [0.15, 0.2) is 0 Å². The molecule has 0 saturated heterocycles. The van der Waals surface area contributed by atoms with Crippen molar-refractivity contribution in [2.45, 2.75) is 6.54 Å². The lowest BCUT2D eigenvalue weighted by Gasteiger charge is -2.03. The van der Waals surface area contributed by atoms with Crippen molar-refractivity contribution in [1.29, 1.82) is 0 Å². The quantitative estimate of drug-likeness (QED) is 0.744. The molecule has 1 amide bonds. The lowest BCUT2D eigenvalue weighted by atomic mass is 10.2. The summed E-state index contributed by atoms with van der Waals surface area (Å²) in [5, 5.41) is 4.77. The molecule has 1 N–H and O–H groups in total. The van der Waals surface area contributed by atoms with Gasteiger partial charge in [-0.2, -0.15) is 0 Å². The van der Waals surface area contributed by atoms with E-state index in [2.05, 4.69) is 43.8 Å². The van der Waals surface area contributed by atoms with Crippen molar-refractivity contribution in [3.05, 3.63) is 54.2 Å². The van der Waals surface area contributed by atoms with Gasteiger partial charge in [-0.3, -0.25) is 4.79 Å². The monoisotopic (exact) mass is 421 g/mol. The van der Waals surface area contributed by atoms with Gasteiger partial charge in [0.05, 0.1) is 8.45 Å². The Morgan fingerprint density at radius 1 is 1.35 bits per heavy atom. The Balaban J connectivity index is 1.94. The molecule has 0 bridgehead atoms. The Hall–Kier alpha value is -0.400. The van der Waals surface area contributed by atoms with Crippen LogP contribution in [0.2, 0.25) is 0 Å². The first-order valence-electron chi connectivity index (χ1n) is 4.92. The van der Waals surface area contributed by atoms with E-state index >= 15 is 0 Å². The van der Waals surface area contributed by atoms with Crippen molar-refractivity contribution in [2.75, 3.05) is 0 Å². The summed E-state index contributed by atoms with van der Waals surface area (Å²) >= 11 is 7.16. The molecular formula is C12H9BrINOS. The van der Waals surface area contributed by atoms with Crippen LogP contribution in [0.5, 0.6) is 0 Å². The van der Waals surface area contributed by atoms with Crippen molar-refractivity contribution < 1.29 is 4.79 Å². The molecule has 1 heterocycles. The fourth-order valence-electron chi connectivity index (χ4n) is 1.32. The average Bonchev–Trinajstić information content (AvgIpc) is 2.75. The lowest BCUT2D eigenvalue weighted by molar-refractivity contribution is 0.0951. The molecule has 0 saturated carbocycles. The molecule has 2 aromatic rings. The number of thiophene rings is 1. The Morgan fingerprint density at radius 3 is 2.65 bits per heavy atom. The summed E-state index contributed by atoms with van der Waals surface area (Å²) in [7, 11) is 0. The number of carbonyl (C=O) groups is 1. The molecule has 0 aliphatic carbocycles. The van der Waals surface area contributed by atoms with Crippen LogP contribution in [0.1, 0.15) is 15.9 Å². The molecule has 2 nitrogen and oxygen atoms in total. The third-order valence-corrected chi connectivity index (χ3v) is 4.51. The topological polar surface area (TPSA) is 29.1 Å². The minimum absolute atomic E-state index is 0.0212. The van der Waals surface area contributed by atoms with E-state index in [1.165, 1.54) is 0 Å². The molecule has 88 valence electrons. The third kappa shape index (κ3) is 3.79. The zero-order chi connectivity index (χ0) is 12.3. The van der Waals surface area contributed by atoms with Gasteiger partial charge >= 0.3 is 0 Å². The molecule has 0 radical (unpaired) electrons. The fraction of sp³-hybridized carbons (Fsp3) is 0.0833. The highest BCUT2D eigenvalue weighted by molar-refractivity contribution is 14.1. The van der Waals surface area contributed by atoms with E-state index in [4.69, 9.17) is 0 Å². The van der Waals surface area contributed by atoms with E-state index in [0.29, 0.717) is 6.54 Å². The molecular weight excluding hydrogens is 413 g/mol. The van der Waals surface area contributed by atoms with Gasteiger partial charge in [-0.25, -0.2) is 0 Å². The maximum atomic E-state index is 11.8. The predicted octanol–water partition coefficient (Wildman–Crippen LogP) is 4.05. The number of amides is 1. The van der Waals surface area contributed by atoms with Crippen LogP contribution in [0, 0.1) is 2.88 Å². The van der Waals surface area contributed by atoms with E-state index in [9.17, 15) is 4.79 Å². The lowest BCUT2D eigenvalue weighted by Crippen LogP contribution is -2.22. The van der Waals surface area contributed by atoms with Crippen molar-refractivity contribution in [2.24, 2.45) is 0 Å². The summed E-state index contributed by atoms with van der Waals surface area (Å²) in [4.78, 5) is 11.8. The van der Waals surface area contributed by atoms with Crippen LogP contribution in [0.3, 0.4) is 0 Å². The van der Waals surface area contributed by atoms with Gasteiger partial charge in [0, 0.05) is 16.4 Å². The van der Waals surface area contributed by atoms with Crippen LogP contribution < -0.4 is 5.32 Å². The predicted molar refractivity (Wildman–Crippen MR) is 82.3 cm³/mol. The summed E-state index contributed by atoms with van der Waals surface area (Å²) in [5.41, 5.74) is 1.82. The number of benzene rings is 1. The Kier molecular flexibility index (Phi) is 4.58. The van der Waals surface area contributed by atoms with Crippen molar-refractivity contribution in [3.8, 4) is 0 Å². The number of hydrogen-bond donors (Lipinski definition) is 1. The summed E-state index contributed by atoms with van der Waals surface area (Å²) in [5.74, 6) is -0.0212. The van der Waals surface area contributed by atoms with Crippen LogP contribution in [0.25, 0.3) is 0 Å². The standard InChI is InChI=1S/C12H9BrINOS/c13-10-3-1-8(2-4-10)6-15-12(16)9-5-11(14)17-7-9/h1-5,7H,6H2,(H,15,16). The minimum atomic E-state index is -0.0212. The van der Waals surface area contributed by atoms with Gasteiger partial charge in [-0.15, -0.1) is 11.3 Å². The zero-order valence-corrected chi connectivity index (χ0v) is 13.3. The van der Waals surface area contributed by atoms with Gasteiger partial charge in [-0.05, 0) is 46.4 Å². The first kappa shape index (κ1) is 13.0. The molecule has 0 aliphatic rings. The molecule has 0 spiro atoms. The highest BCUT2D eigenvalue weighted by atomic mass is 127. The van der Waals surface area contributed by atoms with Crippen LogP contribution in [-0.4, -0.2) is 5.91 Å². The second-order valence-electron chi connectivity index (χ2n) is 3.45. The van der Waals surface area contributed by atoms with E-state index in [1.54, 1.807) is 11.3 Å². The Labute approximate surface area is 126 Å². The highest BCUT2D eigenvalue weighted by Gasteiger charge is 2.07. The van der Waals surface area contributed by atoms with Crippen molar-refractivity contribution >= 4 is 55.8 Å². The van der Waals surface area contributed by atoms with Crippen molar-refractivity contribution in [1.82, 2.24) is 5.32 Å². The van der Waals surface area contributed by atoms with Crippen LogP contribution in [0.15, 0.2) is 40.2 Å². The van der Waals surface area contributed by atoms with Gasteiger partial charge < -0.3 is 5.32 Å². The number of nitrogens with one attached hydrogen (secondary N) is 1. The van der Waals surface area contributed by atoms with E-state index < -0.39 is 0 Å². The Bertz CT molecular complexity index is 524. The molecule has 0 unspecified atom stereocenters. The van der Waals surface area contributed by atoms with Crippen LogP contribution >= 0.6 is 49.9 Å². The molecule has 17 heavy (non-hydrogen) atoms. The summed E-state index contributed by atoms with van der Waals surface area (Å²) in [6, 6.07) is 9.80. The number of halogens is 2. The normalized spacial score (nSPS) is 10.2. The summed E-state index contributed by atoms with van der Waals surface area (Å²) in [6.07, 6.45) is 0. The van der Waals surface area contributed by atoms with E-state index in [1.807, 2.05) is 35.7 Å². The smallest absolute Gasteiger partial charge is 0.252 e. The van der Waals surface area contributed by atoms with Gasteiger partial charge in [-0.1, -0.05) is 28.1 Å². The second-order valence-corrected chi connectivity index (χ2v) is 7.17. The third-order valence-electron chi connectivity index (χ3n) is 2.20. The number of rotatable bonds is 3. The number of carbonyl (C=O) groups excluding carboxylic acids is 1. The molecule has 5 heteroatoms. The molecule has 2 rings (SSSR count). The zero-order valence-electron chi connectivity index (χ0n) is 8.74. The van der Waals surface area contributed by atoms with Crippen LogP contribution in [-0.2, 0) is 6.54 Å². The molecule has 1 aromatic carbocycles. The second kappa shape index (κ2) is 5.97. The number of hydrogen-bond acceptors (Lipinski definition) is 2. The minimum Gasteiger partial charge on any atom is -0.348 e. The highest BCUT2D eigenvalue weighted by Crippen LogP contribution is 2.16. The first-order valence-corrected chi connectivity index (χ1v) is 7.67. The van der Waals surface area contributed by atoms with Gasteiger partial charge in [0.2, 0.25) is 0 Å². The van der Waals surface area contributed by atoms with E-state index in [-0.39, 0.29) is 5.91 Å². The van der Waals surface area contributed by atoms with Gasteiger partial charge in [0.25, 0.3) is 5.91 Å². The SMILES string of the molecule is O=C(NCc1ccc(Br)cc1)c1csc(I)c1. The fourth-order valence-corrected chi connectivity index (χ4v) is 2.91. The van der Waals surface area contributed by atoms with Crippen molar-refractivity contribution in [3.63, 3.8) is 0 Å². The van der Waals surface area contributed by atoms with Gasteiger partial charge in [0.1, 0.15) is 0 Å². The van der Waals surface area contributed by atoms with E-state index in [0.717, 1.165) is 18.5 Å². The maximum Gasteiger partial charge on any atom is 0.252 e. The summed E-state index contributed by atoms with van der Waals surface area (Å²) < 4.78 is 2.16. The largest absolute Gasteiger partial charge is 0.348 e. The average molecular weight is 422 g/mol. The molecule has 0 fully saturated rings. The first-order chi connectivity index (χ1) is 8.15. The Morgan fingerprint density at radius 2 is 2.06 bits per heavy atom. The molecule has 0 atom stereocenters. The van der Waals surface area contributed by atoms with Crippen LogP contribution in [0.4, 0.5) is 0 Å². The summed E-state index contributed by atoms with van der Waals surface area (Å²) in [6.45, 7) is 0.554.